The third-order valence-electron chi connectivity index (χ3n) is 5.25. The molecule has 2 aliphatic rings. The molecule has 6 nitrogen and oxygen atoms in total. The van der Waals surface area contributed by atoms with Gasteiger partial charge in [-0.25, -0.2) is 0 Å². The number of nitrogens with one attached hydrogen (secondary N) is 3. The number of rotatable bonds is 7. The highest BCUT2D eigenvalue weighted by Gasteiger charge is 2.15. The lowest BCUT2D eigenvalue weighted by Gasteiger charge is -2.23. The van der Waals surface area contributed by atoms with Crippen LogP contribution in [0.1, 0.15) is 64.2 Å². The van der Waals surface area contributed by atoms with E-state index in [1.54, 1.807) is 7.05 Å². The third kappa shape index (κ3) is 9.94. The summed E-state index contributed by atoms with van der Waals surface area (Å²) in [6.07, 6.45) is 12.6. The van der Waals surface area contributed by atoms with Crippen molar-refractivity contribution in [1.82, 2.24) is 20.9 Å². The third-order valence-corrected chi connectivity index (χ3v) is 5.25. The quantitative estimate of drug-likeness (QED) is 0.227. The van der Waals surface area contributed by atoms with E-state index in [2.05, 4.69) is 25.8 Å². The lowest BCUT2D eigenvalue weighted by atomic mass is 9.95. The van der Waals surface area contributed by atoms with Crippen LogP contribution < -0.4 is 16.0 Å². The molecule has 0 unspecified atom stereocenters. The second kappa shape index (κ2) is 14.5. The summed E-state index contributed by atoms with van der Waals surface area (Å²) < 4.78 is 0. The van der Waals surface area contributed by atoms with Crippen molar-refractivity contribution < 1.29 is 4.79 Å². The number of halogens is 1. The maximum atomic E-state index is 12.0. The van der Waals surface area contributed by atoms with E-state index in [9.17, 15) is 4.79 Å². The van der Waals surface area contributed by atoms with Gasteiger partial charge in [-0.1, -0.05) is 32.1 Å². The first-order valence-corrected chi connectivity index (χ1v) is 10.2. The molecule has 1 saturated carbocycles. The summed E-state index contributed by atoms with van der Waals surface area (Å²) in [4.78, 5) is 18.8. The van der Waals surface area contributed by atoms with E-state index in [0.717, 1.165) is 38.3 Å². The smallest absolute Gasteiger partial charge is 0.239 e. The van der Waals surface area contributed by atoms with E-state index in [-0.39, 0.29) is 29.9 Å². The van der Waals surface area contributed by atoms with Crippen molar-refractivity contribution in [3.63, 3.8) is 0 Å². The summed E-state index contributed by atoms with van der Waals surface area (Å²) in [5.74, 6) is 0.786. The molecule has 3 N–H and O–H groups in total. The fraction of sp³-hybridized carbons (Fsp3) is 0.895. The minimum absolute atomic E-state index is 0. The maximum Gasteiger partial charge on any atom is 0.239 e. The summed E-state index contributed by atoms with van der Waals surface area (Å²) in [6.45, 7) is 4.82. The first-order chi connectivity index (χ1) is 12.3. The predicted molar refractivity (Wildman–Crippen MR) is 119 cm³/mol. The van der Waals surface area contributed by atoms with E-state index >= 15 is 0 Å². The van der Waals surface area contributed by atoms with Crippen molar-refractivity contribution in [2.45, 2.75) is 70.3 Å². The number of amides is 1. The minimum Gasteiger partial charge on any atom is -0.356 e. The molecule has 2 rings (SSSR count). The number of aliphatic imine (C=N–C) groups is 1. The lowest BCUT2D eigenvalue weighted by molar-refractivity contribution is -0.120. The van der Waals surface area contributed by atoms with Crippen molar-refractivity contribution in [2.75, 3.05) is 39.8 Å². The number of nitrogens with zero attached hydrogens (tertiary/aromatic N) is 2. The average molecular weight is 479 g/mol. The van der Waals surface area contributed by atoms with Crippen molar-refractivity contribution >= 4 is 35.8 Å². The first kappa shape index (κ1) is 23.5. The van der Waals surface area contributed by atoms with Gasteiger partial charge in [0.25, 0.3) is 0 Å². The molecule has 0 bridgehead atoms. The molecule has 1 saturated heterocycles. The van der Waals surface area contributed by atoms with Gasteiger partial charge in [-0.05, 0) is 51.7 Å². The van der Waals surface area contributed by atoms with Gasteiger partial charge in [0, 0.05) is 19.6 Å². The van der Waals surface area contributed by atoms with Crippen LogP contribution in [0.15, 0.2) is 4.99 Å². The normalized spacial score (nSPS) is 20.0. The standard InChI is InChI=1S/C19H37N5O.HI/c1-20-19(21-12-9-15-24-13-7-2-3-8-14-24)22-16-18(25)23-17-10-5-4-6-11-17;/h17H,2-16H2,1H3,(H,23,25)(H2,20,21,22);1H. The van der Waals surface area contributed by atoms with Crippen LogP contribution in [-0.2, 0) is 4.79 Å². The number of guanidine groups is 1. The van der Waals surface area contributed by atoms with E-state index in [4.69, 9.17) is 0 Å². The maximum absolute atomic E-state index is 12.0. The molecule has 0 aromatic rings. The minimum atomic E-state index is 0. The van der Waals surface area contributed by atoms with Crippen molar-refractivity contribution in [2.24, 2.45) is 4.99 Å². The Morgan fingerprint density at radius 2 is 1.65 bits per heavy atom. The van der Waals surface area contributed by atoms with Gasteiger partial charge in [0.15, 0.2) is 5.96 Å². The summed E-state index contributed by atoms with van der Waals surface area (Å²) in [5, 5.41) is 9.56. The molecule has 7 heteroatoms. The molecule has 1 amide bonds. The highest BCUT2D eigenvalue weighted by atomic mass is 127. The highest BCUT2D eigenvalue weighted by Crippen LogP contribution is 2.17. The Balaban J connectivity index is 0.00000338. The Morgan fingerprint density at radius 1 is 1.00 bits per heavy atom. The number of likely N-dealkylation sites (tertiary alicyclic amines) is 1. The van der Waals surface area contributed by atoms with E-state index in [1.165, 1.54) is 58.0 Å². The van der Waals surface area contributed by atoms with Crippen LogP contribution in [0.4, 0.5) is 0 Å². The molecule has 1 aliphatic carbocycles. The van der Waals surface area contributed by atoms with E-state index in [1.807, 2.05) is 0 Å². The molecule has 1 heterocycles. The second-order valence-electron chi connectivity index (χ2n) is 7.36. The van der Waals surface area contributed by atoms with Crippen LogP contribution >= 0.6 is 24.0 Å². The molecule has 0 aromatic heterocycles. The van der Waals surface area contributed by atoms with Crippen LogP contribution in [0, 0.1) is 0 Å². The molecule has 2 fully saturated rings. The van der Waals surface area contributed by atoms with Gasteiger partial charge in [-0.2, -0.15) is 0 Å². The molecular weight excluding hydrogens is 441 g/mol. The average Bonchev–Trinajstić information content (AvgIpc) is 2.91. The molecule has 1 aliphatic heterocycles. The van der Waals surface area contributed by atoms with Gasteiger partial charge >= 0.3 is 0 Å². The van der Waals surface area contributed by atoms with Crippen LogP contribution in [-0.4, -0.2) is 62.6 Å². The monoisotopic (exact) mass is 479 g/mol. The van der Waals surface area contributed by atoms with Crippen molar-refractivity contribution in [1.29, 1.82) is 0 Å². The van der Waals surface area contributed by atoms with Gasteiger partial charge in [0.05, 0.1) is 6.54 Å². The number of hydrogen-bond donors (Lipinski definition) is 3. The summed E-state index contributed by atoms with van der Waals surface area (Å²) >= 11 is 0. The molecule has 26 heavy (non-hydrogen) atoms. The van der Waals surface area contributed by atoms with Crippen LogP contribution in [0.5, 0.6) is 0 Å². The molecule has 0 radical (unpaired) electrons. The van der Waals surface area contributed by atoms with Crippen LogP contribution in [0.3, 0.4) is 0 Å². The Kier molecular flexibility index (Phi) is 13.1. The first-order valence-electron chi connectivity index (χ1n) is 10.2. The zero-order valence-corrected chi connectivity index (χ0v) is 18.7. The van der Waals surface area contributed by atoms with Gasteiger partial charge in [0.1, 0.15) is 0 Å². The zero-order chi connectivity index (χ0) is 17.7. The molecule has 0 atom stereocenters. The summed E-state index contributed by atoms with van der Waals surface area (Å²) in [6, 6.07) is 0.367. The van der Waals surface area contributed by atoms with E-state index < -0.39 is 0 Å². The second-order valence-corrected chi connectivity index (χ2v) is 7.36. The van der Waals surface area contributed by atoms with E-state index in [0.29, 0.717) is 12.6 Å². The Labute approximate surface area is 176 Å². The molecule has 0 aromatic carbocycles. The van der Waals surface area contributed by atoms with Gasteiger partial charge in [0.2, 0.25) is 5.91 Å². The largest absolute Gasteiger partial charge is 0.356 e. The highest BCUT2D eigenvalue weighted by molar-refractivity contribution is 14.0. The summed E-state index contributed by atoms with van der Waals surface area (Å²) in [5.41, 5.74) is 0. The number of carbonyl (C=O) groups excluding carboxylic acids is 1. The molecule has 0 spiro atoms. The number of hydrogen-bond acceptors (Lipinski definition) is 3. The van der Waals surface area contributed by atoms with Gasteiger partial charge in [-0.15, -0.1) is 24.0 Å². The fourth-order valence-corrected chi connectivity index (χ4v) is 3.78. The molecule has 152 valence electrons. The van der Waals surface area contributed by atoms with Crippen molar-refractivity contribution in [3.8, 4) is 0 Å². The zero-order valence-electron chi connectivity index (χ0n) is 16.4. The van der Waals surface area contributed by atoms with Gasteiger partial charge < -0.3 is 20.9 Å². The topological polar surface area (TPSA) is 68.8 Å². The fourth-order valence-electron chi connectivity index (χ4n) is 3.78. The van der Waals surface area contributed by atoms with Crippen molar-refractivity contribution in [3.05, 3.63) is 0 Å². The Morgan fingerprint density at radius 3 is 2.31 bits per heavy atom. The SMILES string of the molecule is CN=C(NCCCN1CCCCCC1)NCC(=O)NC1CCCCC1.I. The summed E-state index contributed by atoms with van der Waals surface area (Å²) in [7, 11) is 1.75. The predicted octanol–water partition coefficient (Wildman–Crippen LogP) is 2.48. The number of carbonyl (C=O) groups is 1. The van der Waals surface area contributed by atoms with Gasteiger partial charge in [-0.3, -0.25) is 9.79 Å². The van der Waals surface area contributed by atoms with Crippen LogP contribution in [0.25, 0.3) is 0 Å². The Bertz CT molecular complexity index is 405. The Hall–Kier alpha value is -0.570. The molecular formula is C19H38IN5O. The van der Waals surface area contributed by atoms with Crippen LogP contribution in [0.2, 0.25) is 0 Å². The lowest BCUT2D eigenvalue weighted by Crippen LogP contribution is -2.46.